The molecule has 0 aliphatic carbocycles. The lowest BCUT2D eigenvalue weighted by atomic mass is 10.1. The molecule has 1 aromatic heterocycles. The van der Waals surface area contributed by atoms with Crippen molar-refractivity contribution >= 4 is 5.82 Å². The number of anilines is 1. The summed E-state index contributed by atoms with van der Waals surface area (Å²) >= 11 is 0. The van der Waals surface area contributed by atoms with Crippen LogP contribution in [-0.4, -0.2) is 59.7 Å². The van der Waals surface area contributed by atoms with Gasteiger partial charge in [0, 0.05) is 44.5 Å². The second kappa shape index (κ2) is 5.39. The number of likely N-dealkylation sites (N-methyl/N-ethyl adjacent to an activating group) is 1. The van der Waals surface area contributed by atoms with E-state index in [1.165, 1.54) is 6.33 Å². The van der Waals surface area contributed by atoms with E-state index in [0.29, 0.717) is 0 Å². The van der Waals surface area contributed by atoms with Crippen molar-refractivity contribution in [1.29, 1.82) is 0 Å². The van der Waals surface area contributed by atoms with Crippen LogP contribution in [0, 0.1) is 0 Å². The highest BCUT2D eigenvalue weighted by molar-refractivity contribution is 5.47. The van der Waals surface area contributed by atoms with Gasteiger partial charge in [-0.3, -0.25) is 0 Å². The summed E-state index contributed by atoms with van der Waals surface area (Å²) in [6, 6.07) is 0. The molecule has 6 nitrogen and oxygen atoms in total. The fourth-order valence-corrected chi connectivity index (χ4v) is 1.98. The quantitative estimate of drug-likeness (QED) is 0.718. The lowest BCUT2D eigenvalue weighted by Crippen LogP contribution is -2.45. The molecule has 1 aromatic rings. The van der Waals surface area contributed by atoms with Crippen LogP contribution in [0.4, 0.5) is 5.82 Å². The number of hydrogen-bond donors (Lipinski definition) is 2. The second-order valence-corrected chi connectivity index (χ2v) is 4.34. The van der Waals surface area contributed by atoms with Crippen LogP contribution >= 0.6 is 0 Å². The molecule has 94 valence electrons. The Hall–Kier alpha value is -1.24. The minimum Gasteiger partial charge on any atom is -0.387 e. The van der Waals surface area contributed by atoms with Crippen LogP contribution < -0.4 is 10.6 Å². The van der Waals surface area contributed by atoms with Crippen LogP contribution in [0.5, 0.6) is 0 Å². The molecule has 0 aromatic carbocycles. The molecule has 1 unspecified atom stereocenters. The van der Waals surface area contributed by atoms with E-state index in [9.17, 15) is 5.11 Å². The first-order valence-corrected chi connectivity index (χ1v) is 5.84. The number of aromatic nitrogens is 2. The van der Waals surface area contributed by atoms with Crippen molar-refractivity contribution in [3.8, 4) is 0 Å². The molecule has 2 rings (SSSR count). The smallest absolute Gasteiger partial charge is 0.137 e. The van der Waals surface area contributed by atoms with E-state index in [1.54, 1.807) is 6.20 Å². The third-order valence-electron chi connectivity index (χ3n) is 3.10. The Morgan fingerprint density at radius 2 is 2.12 bits per heavy atom. The minimum atomic E-state index is -0.689. The lowest BCUT2D eigenvalue weighted by Gasteiger charge is -2.34. The molecule has 0 spiro atoms. The Labute approximate surface area is 101 Å². The molecule has 0 radical (unpaired) electrons. The highest BCUT2D eigenvalue weighted by Crippen LogP contribution is 2.23. The van der Waals surface area contributed by atoms with Gasteiger partial charge >= 0.3 is 0 Å². The average Bonchev–Trinajstić information content (AvgIpc) is 2.39. The van der Waals surface area contributed by atoms with E-state index in [1.807, 2.05) is 0 Å². The molecule has 0 saturated carbocycles. The van der Waals surface area contributed by atoms with Crippen molar-refractivity contribution in [2.24, 2.45) is 5.73 Å². The fourth-order valence-electron chi connectivity index (χ4n) is 1.98. The van der Waals surface area contributed by atoms with Gasteiger partial charge < -0.3 is 20.6 Å². The average molecular weight is 237 g/mol. The van der Waals surface area contributed by atoms with E-state index < -0.39 is 6.10 Å². The zero-order valence-electron chi connectivity index (χ0n) is 10.1. The molecule has 0 bridgehead atoms. The third-order valence-corrected chi connectivity index (χ3v) is 3.10. The van der Waals surface area contributed by atoms with Crippen molar-refractivity contribution in [2.45, 2.75) is 6.10 Å². The van der Waals surface area contributed by atoms with Crippen LogP contribution in [0.15, 0.2) is 12.5 Å². The van der Waals surface area contributed by atoms with Gasteiger partial charge in [-0.05, 0) is 7.05 Å². The summed E-state index contributed by atoms with van der Waals surface area (Å²) in [6.45, 7) is 4.02. The Balaban J connectivity index is 2.19. The lowest BCUT2D eigenvalue weighted by molar-refractivity contribution is 0.186. The number of aliphatic hydroxyl groups is 1. The van der Waals surface area contributed by atoms with Gasteiger partial charge in [0.25, 0.3) is 0 Å². The van der Waals surface area contributed by atoms with Gasteiger partial charge in [-0.15, -0.1) is 0 Å². The number of nitrogens with zero attached hydrogens (tertiary/aromatic N) is 4. The maximum atomic E-state index is 9.85. The summed E-state index contributed by atoms with van der Waals surface area (Å²) in [5.74, 6) is 0.811. The molecule has 17 heavy (non-hydrogen) atoms. The number of hydrogen-bond acceptors (Lipinski definition) is 6. The van der Waals surface area contributed by atoms with Gasteiger partial charge in [-0.2, -0.15) is 0 Å². The maximum absolute atomic E-state index is 9.85. The summed E-state index contributed by atoms with van der Waals surface area (Å²) in [5.41, 5.74) is 6.21. The number of aliphatic hydroxyl groups excluding tert-OH is 1. The summed E-state index contributed by atoms with van der Waals surface area (Å²) in [4.78, 5) is 12.7. The van der Waals surface area contributed by atoms with Crippen molar-refractivity contribution in [3.63, 3.8) is 0 Å². The van der Waals surface area contributed by atoms with Crippen molar-refractivity contribution in [3.05, 3.63) is 18.1 Å². The van der Waals surface area contributed by atoms with Gasteiger partial charge in [0.1, 0.15) is 12.1 Å². The van der Waals surface area contributed by atoms with Crippen LogP contribution in [0.25, 0.3) is 0 Å². The molecule has 3 N–H and O–H groups in total. The van der Waals surface area contributed by atoms with Gasteiger partial charge in [0.15, 0.2) is 0 Å². The molecule has 0 amide bonds. The zero-order chi connectivity index (χ0) is 12.3. The number of piperazine rings is 1. The van der Waals surface area contributed by atoms with Gasteiger partial charge in [-0.25, -0.2) is 9.97 Å². The highest BCUT2D eigenvalue weighted by Gasteiger charge is 2.20. The number of rotatable bonds is 3. The monoisotopic (exact) mass is 237 g/mol. The molecular weight excluding hydrogens is 218 g/mol. The predicted octanol–water partition coefficient (Wildman–Crippen LogP) is -0.779. The van der Waals surface area contributed by atoms with Gasteiger partial charge in [0.2, 0.25) is 0 Å². The summed E-state index contributed by atoms with van der Waals surface area (Å²) in [5, 5.41) is 9.85. The molecule has 1 atom stereocenters. The topological polar surface area (TPSA) is 78.5 Å². The van der Waals surface area contributed by atoms with Crippen molar-refractivity contribution in [1.82, 2.24) is 14.9 Å². The third kappa shape index (κ3) is 2.71. The van der Waals surface area contributed by atoms with E-state index in [0.717, 1.165) is 37.6 Å². The summed E-state index contributed by atoms with van der Waals surface area (Å²) in [7, 11) is 2.10. The first-order chi connectivity index (χ1) is 8.22. The SMILES string of the molecule is CN1CCN(c2ncncc2C(O)CN)CC1. The first kappa shape index (κ1) is 12.2. The molecule has 1 saturated heterocycles. The Kier molecular flexibility index (Phi) is 3.88. The van der Waals surface area contributed by atoms with E-state index in [2.05, 4.69) is 26.8 Å². The molecular formula is C11H19N5O. The standard InChI is InChI=1S/C11H19N5O/c1-15-2-4-16(5-3-15)11-9(10(17)6-12)7-13-8-14-11/h7-8,10,17H,2-6,12H2,1H3. The van der Waals surface area contributed by atoms with Crippen LogP contribution in [-0.2, 0) is 0 Å². The Morgan fingerprint density at radius 1 is 1.41 bits per heavy atom. The predicted molar refractivity (Wildman–Crippen MR) is 65.8 cm³/mol. The molecule has 1 aliphatic heterocycles. The minimum absolute atomic E-state index is 0.189. The van der Waals surface area contributed by atoms with Crippen LogP contribution in [0.1, 0.15) is 11.7 Å². The van der Waals surface area contributed by atoms with Gasteiger partial charge in [0.05, 0.1) is 6.10 Å². The molecule has 2 heterocycles. The van der Waals surface area contributed by atoms with E-state index >= 15 is 0 Å². The molecule has 6 heteroatoms. The van der Waals surface area contributed by atoms with Crippen molar-refractivity contribution < 1.29 is 5.11 Å². The van der Waals surface area contributed by atoms with Crippen molar-refractivity contribution in [2.75, 3.05) is 44.7 Å². The summed E-state index contributed by atoms with van der Waals surface area (Å²) in [6.07, 6.45) is 2.48. The summed E-state index contributed by atoms with van der Waals surface area (Å²) < 4.78 is 0. The molecule has 1 fully saturated rings. The highest BCUT2D eigenvalue weighted by atomic mass is 16.3. The normalized spacial score (nSPS) is 19.4. The fraction of sp³-hybridized carbons (Fsp3) is 0.636. The van der Waals surface area contributed by atoms with Gasteiger partial charge in [-0.1, -0.05) is 0 Å². The Bertz CT molecular complexity index is 365. The van der Waals surface area contributed by atoms with Crippen LogP contribution in [0.2, 0.25) is 0 Å². The van der Waals surface area contributed by atoms with E-state index in [4.69, 9.17) is 5.73 Å². The number of nitrogens with two attached hydrogens (primary N) is 1. The molecule has 1 aliphatic rings. The van der Waals surface area contributed by atoms with Crippen LogP contribution in [0.3, 0.4) is 0 Å². The first-order valence-electron chi connectivity index (χ1n) is 5.84. The largest absolute Gasteiger partial charge is 0.387 e. The maximum Gasteiger partial charge on any atom is 0.137 e. The zero-order valence-corrected chi connectivity index (χ0v) is 10.1. The second-order valence-electron chi connectivity index (χ2n) is 4.34. The van der Waals surface area contributed by atoms with E-state index in [-0.39, 0.29) is 6.54 Å². The Morgan fingerprint density at radius 3 is 2.76 bits per heavy atom.